The fourth-order valence-electron chi connectivity index (χ4n) is 2.05. The Bertz CT molecular complexity index is 881. The summed E-state index contributed by atoms with van der Waals surface area (Å²) < 4.78 is 28.4. The van der Waals surface area contributed by atoms with Crippen molar-refractivity contribution < 1.29 is 23.2 Å². The summed E-state index contributed by atoms with van der Waals surface area (Å²) in [6, 6.07) is 12.3. The molecule has 26 heavy (non-hydrogen) atoms. The van der Waals surface area contributed by atoms with E-state index in [0.29, 0.717) is 16.6 Å². The monoisotopic (exact) mass is 376 g/mol. The number of esters is 1. The molecule has 1 heterocycles. The maximum atomic E-state index is 12.9. The van der Waals surface area contributed by atoms with Gasteiger partial charge in [0.1, 0.15) is 11.6 Å². The molecule has 0 saturated heterocycles. The predicted molar refractivity (Wildman–Crippen MR) is 91.0 cm³/mol. The largest absolute Gasteiger partial charge is 0.479 e. The average Bonchev–Trinajstić information content (AvgIpc) is 3.11. The Morgan fingerprint density at radius 3 is 2.58 bits per heavy atom. The van der Waals surface area contributed by atoms with Crippen molar-refractivity contribution in [3.63, 3.8) is 0 Å². The van der Waals surface area contributed by atoms with Crippen molar-refractivity contribution >= 4 is 17.6 Å². The molecule has 1 atom stereocenters. The third-order valence-electron chi connectivity index (χ3n) is 3.37. The van der Waals surface area contributed by atoms with Gasteiger partial charge in [0.15, 0.2) is 12.7 Å². The van der Waals surface area contributed by atoms with E-state index in [1.54, 1.807) is 24.3 Å². The molecule has 0 fully saturated rings. The molecule has 1 aromatic heterocycles. The van der Waals surface area contributed by atoms with Gasteiger partial charge in [-0.2, -0.15) is 4.98 Å². The minimum absolute atomic E-state index is 0.150. The fourth-order valence-corrected chi connectivity index (χ4v) is 2.17. The molecule has 3 rings (SSSR count). The highest BCUT2D eigenvalue weighted by Gasteiger charge is 2.18. The second kappa shape index (κ2) is 7.97. The van der Waals surface area contributed by atoms with Crippen LogP contribution >= 0.6 is 11.6 Å². The second-order valence-electron chi connectivity index (χ2n) is 5.34. The molecule has 0 radical (unpaired) electrons. The lowest BCUT2D eigenvalue weighted by Crippen LogP contribution is -2.26. The first-order valence-corrected chi connectivity index (χ1v) is 8.06. The van der Waals surface area contributed by atoms with Gasteiger partial charge in [-0.15, -0.1) is 0 Å². The number of hydrogen-bond donors (Lipinski definition) is 0. The standard InChI is InChI=1S/C18H14ClFN2O4/c1-11(25-15-8-6-14(20)7-9-15)18(23)24-10-16-21-17(22-26-16)12-2-4-13(19)5-3-12/h2-9,11H,10H2,1H3/t11-/m0/s1. The number of halogens is 2. The van der Waals surface area contributed by atoms with Gasteiger partial charge >= 0.3 is 5.97 Å². The lowest BCUT2D eigenvalue weighted by Gasteiger charge is -2.13. The van der Waals surface area contributed by atoms with E-state index in [4.69, 9.17) is 25.6 Å². The van der Waals surface area contributed by atoms with Gasteiger partial charge in [-0.25, -0.2) is 9.18 Å². The van der Waals surface area contributed by atoms with Crippen LogP contribution in [0.1, 0.15) is 12.8 Å². The van der Waals surface area contributed by atoms with Gasteiger partial charge in [0.05, 0.1) is 0 Å². The highest BCUT2D eigenvalue weighted by atomic mass is 35.5. The predicted octanol–water partition coefficient (Wildman–Crippen LogP) is 4.04. The summed E-state index contributed by atoms with van der Waals surface area (Å²) in [4.78, 5) is 16.1. The van der Waals surface area contributed by atoms with Gasteiger partial charge in [0.25, 0.3) is 5.89 Å². The van der Waals surface area contributed by atoms with E-state index in [1.165, 1.54) is 31.2 Å². The normalized spacial score (nSPS) is 11.8. The van der Waals surface area contributed by atoms with Crippen LogP contribution in [0, 0.1) is 5.82 Å². The molecule has 8 heteroatoms. The molecule has 0 bridgehead atoms. The Hall–Kier alpha value is -2.93. The van der Waals surface area contributed by atoms with E-state index in [2.05, 4.69) is 10.1 Å². The number of carbonyl (C=O) groups is 1. The molecule has 0 aliphatic heterocycles. The van der Waals surface area contributed by atoms with E-state index in [9.17, 15) is 9.18 Å². The molecule has 6 nitrogen and oxygen atoms in total. The average molecular weight is 377 g/mol. The maximum absolute atomic E-state index is 12.9. The minimum atomic E-state index is -0.876. The summed E-state index contributed by atoms with van der Waals surface area (Å²) >= 11 is 5.83. The van der Waals surface area contributed by atoms with E-state index in [-0.39, 0.29) is 18.3 Å². The van der Waals surface area contributed by atoms with Gasteiger partial charge in [0.2, 0.25) is 5.82 Å². The number of carbonyl (C=O) groups excluding carboxylic acids is 1. The van der Waals surface area contributed by atoms with Crippen molar-refractivity contribution in [2.45, 2.75) is 19.6 Å². The molecular weight excluding hydrogens is 363 g/mol. The summed E-state index contributed by atoms with van der Waals surface area (Å²) in [6.45, 7) is 1.34. The molecule has 0 amide bonds. The Morgan fingerprint density at radius 2 is 1.88 bits per heavy atom. The summed E-state index contributed by atoms with van der Waals surface area (Å²) in [5.74, 6) is -0.125. The molecule has 0 spiro atoms. The summed E-state index contributed by atoms with van der Waals surface area (Å²) in [5, 5.41) is 4.43. The van der Waals surface area contributed by atoms with Crippen LogP contribution in [-0.2, 0) is 16.1 Å². The Labute approximate surface area is 153 Å². The Morgan fingerprint density at radius 1 is 1.19 bits per heavy atom. The van der Waals surface area contributed by atoms with Crippen LogP contribution in [0.25, 0.3) is 11.4 Å². The topological polar surface area (TPSA) is 74.5 Å². The lowest BCUT2D eigenvalue weighted by molar-refractivity contribution is -0.153. The van der Waals surface area contributed by atoms with E-state index in [1.807, 2.05) is 0 Å². The number of ether oxygens (including phenoxy) is 2. The highest BCUT2D eigenvalue weighted by molar-refractivity contribution is 6.30. The minimum Gasteiger partial charge on any atom is -0.479 e. The van der Waals surface area contributed by atoms with Crippen molar-refractivity contribution in [1.82, 2.24) is 10.1 Å². The van der Waals surface area contributed by atoms with Crippen LogP contribution < -0.4 is 4.74 Å². The van der Waals surface area contributed by atoms with Crippen LogP contribution in [0.4, 0.5) is 4.39 Å². The van der Waals surface area contributed by atoms with Gasteiger partial charge in [-0.3, -0.25) is 0 Å². The zero-order valence-electron chi connectivity index (χ0n) is 13.7. The number of benzene rings is 2. The molecule has 0 aliphatic carbocycles. The summed E-state index contributed by atoms with van der Waals surface area (Å²) in [6.07, 6.45) is -0.876. The first kappa shape index (κ1) is 17.9. The Kier molecular flexibility index (Phi) is 5.48. The van der Waals surface area contributed by atoms with Crippen molar-refractivity contribution in [2.75, 3.05) is 0 Å². The van der Waals surface area contributed by atoms with Gasteiger partial charge in [0, 0.05) is 10.6 Å². The van der Waals surface area contributed by atoms with E-state index < -0.39 is 12.1 Å². The van der Waals surface area contributed by atoms with Crippen molar-refractivity contribution in [3.8, 4) is 17.1 Å². The molecule has 2 aromatic carbocycles. The van der Waals surface area contributed by atoms with Crippen molar-refractivity contribution in [3.05, 3.63) is 65.3 Å². The third-order valence-corrected chi connectivity index (χ3v) is 3.62. The highest BCUT2D eigenvalue weighted by Crippen LogP contribution is 2.19. The number of nitrogens with zero attached hydrogens (tertiary/aromatic N) is 2. The zero-order chi connectivity index (χ0) is 18.5. The summed E-state index contributed by atoms with van der Waals surface area (Å²) in [7, 11) is 0. The molecule has 0 saturated carbocycles. The Balaban J connectivity index is 1.54. The SMILES string of the molecule is C[C@H](Oc1ccc(F)cc1)C(=O)OCc1nc(-c2ccc(Cl)cc2)no1. The molecule has 134 valence electrons. The third kappa shape index (κ3) is 4.58. The maximum Gasteiger partial charge on any atom is 0.347 e. The van der Waals surface area contributed by atoms with Gasteiger partial charge < -0.3 is 14.0 Å². The van der Waals surface area contributed by atoms with Crippen molar-refractivity contribution in [1.29, 1.82) is 0 Å². The summed E-state index contributed by atoms with van der Waals surface area (Å²) in [5.41, 5.74) is 0.726. The second-order valence-corrected chi connectivity index (χ2v) is 5.78. The van der Waals surface area contributed by atoms with Crippen LogP contribution in [0.3, 0.4) is 0 Å². The van der Waals surface area contributed by atoms with E-state index >= 15 is 0 Å². The van der Waals surface area contributed by atoms with Crippen LogP contribution in [0.15, 0.2) is 53.1 Å². The first-order chi connectivity index (χ1) is 12.5. The molecular formula is C18H14ClFN2O4. The van der Waals surface area contributed by atoms with Crippen LogP contribution in [0.5, 0.6) is 5.75 Å². The number of hydrogen-bond acceptors (Lipinski definition) is 6. The number of rotatable bonds is 6. The molecule has 0 unspecified atom stereocenters. The fraction of sp³-hybridized carbons (Fsp3) is 0.167. The lowest BCUT2D eigenvalue weighted by atomic mass is 10.2. The van der Waals surface area contributed by atoms with Gasteiger partial charge in [-0.1, -0.05) is 16.8 Å². The van der Waals surface area contributed by atoms with Crippen LogP contribution in [0.2, 0.25) is 5.02 Å². The molecule has 0 N–H and O–H groups in total. The first-order valence-electron chi connectivity index (χ1n) is 7.68. The van der Waals surface area contributed by atoms with Crippen molar-refractivity contribution in [2.24, 2.45) is 0 Å². The molecule has 3 aromatic rings. The van der Waals surface area contributed by atoms with Crippen LogP contribution in [-0.4, -0.2) is 22.2 Å². The van der Waals surface area contributed by atoms with Gasteiger partial charge in [-0.05, 0) is 55.5 Å². The quantitative estimate of drug-likeness (QED) is 0.604. The zero-order valence-corrected chi connectivity index (χ0v) is 14.4. The number of aromatic nitrogens is 2. The smallest absolute Gasteiger partial charge is 0.347 e. The molecule has 0 aliphatic rings. The van der Waals surface area contributed by atoms with E-state index in [0.717, 1.165) is 5.56 Å².